The lowest BCUT2D eigenvalue weighted by molar-refractivity contribution is -0.0172. The van der Waals surface area contributed by atoms with Crippen molar-refractivity contribution in [2.75, 3.05) is 13.1 Å². The van der Waals surface area contributed by atoms with E-state index in [-0.39, 0.29) is 11.7 Å². The highest BCUT2D eigenvalue weighted by atomic mass is 19.1. The van der Waals surface area contributed by atoms with Crippen molar-refractivity contribution < 1.29 is 19.0 Å². The van der Waals surface area contributed by atoms with E-state index < -0.39 is 5.60 Å². The summed E-state index contributed by atoms with van der Waals surface area (Å²) < 4.78 is 22.3. The van der Waals surface area contributed by atoms with Gasteiger partial charge in [0.1, 0.15) is 11.6 Å². The van der Waals surface area contributed by atoms with Crippen molar-refractivity contribution in [3.63, 3.8) is 0 Å². The van der Waals surface area contributed by atoms with E-state index in [1.807, 2.05) is 13.1 Å². The van der Waals surface area contributed by atoms with Crippen LogP contribution in [0.1, 0.15) is 28.9 Å². The zero-order valence-corrected chi connectivity index (χ0v) is 19.3. The molecule has 0 atom stereocenters. The van der Waals surface area contributed by atoms with Gasteiger partial charge in [0.05, 0.1) is 11.3 Å². The quantitative estimate of drug-likeness (QED) is 0.459. The van der Waals surface area contributed by atoms with Crippen LogP contribution in [0.3, 0.4) is 0 Å². The number of halogens is 1. The van der Waals surface area contributed by atoms with E-state index >= 15 is 0 Å². The Kier molecular flexibility index (Phi) is 6.08. The molecule has 5 rings (SSSR count). The molecule has 1 saturated heterocycles. The van der Waals surface area contributed by atoms with E-state index in [0.717, 1.165) is 11.4 Å². The summed E-state index contributed by atoms with van der Waals surface area (Å²) in [5.74, 6) is 0.704. The molecule has 0 bridgehead atoms. The van der Waals surface area contributed by atoms with Crippen LogP contribution in [-0.2, 0) is 13.5 Å². The normalized spacial score (nSPS) is 15.2. The number of hydrogen-bond donors (Lipinski definition) is 1. The van der Waals surface area contributed by atoms with E-state index in [1.54, 1.807) is 69.1 Å². The minimum atomic E-state index is -0.949. The summed E-state index contributed by atoms with van der Waals surface area (Å²) in [6, 6.07) is 16.7. The summed E-state index contributed by atoms with van der Waals surface area (Å²) in [4.78, 5) is 14.8. The lowest BCUT2D eigenvalue weighted by Gasteiger charge is -2.38. The number of nitrogens with zero attached hydrogens (tertiary/aromatic N) is 5. The summed E-state index contributed by atoms with van der Waals surface area (Å²) in [7, 11) is 1.81. The van der Waals surface area contributed by atoms with Crippen LogP contribution in [0.2, 0.25) is 0 Å². The minimum Gasteiger partial charge on any atom is -0.438 e. The molecule has 1 fully saturated rings. The van der Waals surface area contributed by atoms with Gasteiger partial charge in [-0.2, -0.15) is 5.10 Å². The molecule has 3 heterocycles. The first-order chi connectivity index (χ1) is 16.9. The molecule has 180 valence electrons. The fourth-order valence-corrected chi connectivity index (χ4v) is 4.34. The fraction of sp³-hybridized carbons (Fsp3) is 0.269. The lowest BCUT2D eigenvalue weighted by atomic mass is 9.86. The molecule has 4 aromatic rings. The standard InChI is InChI=1S/C26H26FN5O3/c1-30-15-11-24(29-30)35-23-8-2-19(3-9-23)25(33)31-16-12-26(34,13-17-31)18-22-10-14-28-32(22)21-6-4-20(27)5-7-21/h2-11,14-15,34H,12-13,16-18H2,1H3. The molecular weight excluding hydrogens is 449 g/mol. The van der Waals surface area contributed by atoms with Gasteiger partial charge in [-0.1, -0.05) is 0 Å². The molecule has 1 N–H and O–H groups in total. The number of ether oxygens (including phenoxy) is 1. The number of aliphatic hydroxyl groups is 1. The van der Waals surface area contributed by atoms with Crippen molar-refractivity contribution in [3.05, 3.63) is 90.1 Å². The largest absolute Gasteiger partial charge is 0.438 e. The van der Waals surface area contributed by atoms with Crippen LogP contribution in [0.5, 0.6) is 11.6 Å². The number of aromatic nitrogens is 4. The van der Waals surface area contributed by atoms with Crippen molar-refractivity contribution in [2.45, 2.75) is 24.9 Å². The Balaban J connectivity index is 1.20. The van der Waals surface area contributed by atoms with Crippen LogP contribution in [0.25, 0.3) is 5.69 Å². The molecule has 8 nitrogen and oxygen atoms in total. The van der Waals surface area contributed by atoms with Crippen LogP contribution in [0.15, 0.2) is 73.1 Å². The second-order valence-corrected chi connectivity index (χ2v) is 8.86. The number of piperidine rings is 1. The molecule has 0 spiro atoms. The maximum absolute atomic E-state index is 13.3. The van der Waals surface area contributed by atoms with Gasteiger partial charge in [-0.05, 0) is 67.4 Å². The van der Waals surface area contributed by atoms with Gasteiger partial charge in [0.2, 0.25) is 5.88 Å². The molecule has 1 aliphatic rings. The van der Waals surface area contributed by atoms with Gasteiger partial charge in [-0.3, -0.25) is 9.48 Å². The Morgan fingerprint density at radius 1 is 1.06 bits per heavy atom. The maximum Gasteiger partial charge on any atom is 0.253 e. The van der Waals surface area contributed by atoms with E-state index in [0.29, 0.717) is 49.5 Å². The maximum atomic E-state index is 13.3. The van der Waals surface area contributed by atoms with E-state index in [4.69, 9.17) is 4.74 Å². The molecule has 2 aromatic carbocycles. The third kappa shape index (κ3) is 5.09. The summed E-state index contributed by atoms with van der Waals surface area (Å²) in [5.41, 5.74) is 1.19. The SMILES string of the molecule is Cn1ccc(Oc2ccc(C(=O)N3CCC(O)(Cc4ccnn4-c4ccc(F)cc4)CC3)cc2)n1. The molecule has 35 heavy (non-hydrogen) atoms. The predicted molar refractivity (Wildman–Crippen MR) is 127 cm³/mol. The summed E-state index contributed by atoms with van der Waals surface area (Å²) >= 11 is 0. The Labute approximate surface area is 202 Å². The Hall–Kier alpha value is -3.98. The number of hydrogen-bond acceptors (Lipinski definition) is 5. The predicted octanol–water partition coefficient (Wildman–Crippen LogP) is 3.75. The number of carbonyl (C=O) groups excluding carboxylic acids is 1. The first-order valence-corrected chi connectivity index (χ1v) is 11.5. The van der Waals surface area contributed by atoms with Crippen LogP contribution < -0.4 is 4.74 Å². The first-order valence-electron chi connectivity index (χ1n) is 11.5. The van der Waals surface area contributed by atoms with Crippen molar-refractivity contribution >= 4 is 5.91 Å². The zero-order chi connectivity index (χ0) is 24.4. The number of likely N-dealkylation sites (tertiary alicyclic amines) is 1. The zero-order valence-electron chi connectivity index (χ0n) is 19.3. The Morgan fingerprint density at radius 3 is 2.43 bits per heavy atom. The van der Waals surface area contributed by atoms with Gasteiger partial charge in [0.15, 0.2) is 0 Å². The van der Waals surface area contributed by atoms with Crippen molar-refractivity contribution in [3.8, 4) is 17.3 Å². The second kappa shape index (κ2) is 9.34. The summed E-state index contributed by atoms with van der Waals surface area (Å²) in [5, 5.41) is 19.8. The van der Waals surface area contributed by atoms with Gasteiger partial charge in [-0.15, -0.1) is 5.10 Å². The second-order valence-electron chi connectivity index (χ2n) is 8.86. The van der Waals surface area contributed by atoms with Crippen LogP contribution >= 0.6 is 0 Å². The van der Waals surface area contributed by atoms with Crippen LogP contribution in [-0.4, -0.2) is 54.2 Å². The molecule has 2 aromatic heterocycles. The molecule has 0 saturated carbocycles. The minimum absolute atomic E-state index is 0.0761. The fourth-order valence-electron chi connectivity index (χ4n) is 4.34. The third-order valence-electron chi connectivity index (χ3n) is 6.30. The Bertz CT molecular complexity index is 1310. The van der Waals surface area contributed by atoms with Crippen LogP contribution in [0, 0.1) is 5.82 Å². The molecule has 0 unspecified atom stereocenters. The highest BCUT2D eigenvalue weighted by Gasteiger charge is 2.35. The summed E-state index contributed by atoms with van der Waals surface area (Å²) in [6.07, 6.45) is 4.76. The smallest absolute Gasteiger partial charge is 0.253 e. The number of carbonyl (C=O) groups is 1. The van der Waals surface area contributed by atoms with Gasteiger partial charge >= 0.3 is 0 Å². The molecular formula is C26H26FN5O3. The van der Waals surface area contributed by atoms with Gasteiger partial charge in [0.25, 0.3) is 5.91 Å². The van der Waals surface area contributed by atoms with Gasteiger partial charge in [-0.25, -0.2) is 9.07 Å². The monoisotopic (exact) mass is 475 g/mol. The number of amides is 1. The molecule has 1 aliphatic heterocycles. The first kappa shape index (κ1) is 22.8. The lowest BCUT2D eigenvalue weighted by Crippen LogP contribution is -2.48. The molecule has 1 amide bonds. The Morgan fingerprint density at radius 2 is 1.77 bits per heavy atom. The molecule has 0 radical (unpaired) electrons. The van der Waals surface area contributed by atoms with Gasteiger partial charge < -0.3 is 14.7 Å². The third-order valence-corrected chi connectivity index (χ3v) is 6.30. The van der Waals surface area contributed by atoms with Gasteiger partial charge in [0, 0.05) is 56.3 Å². The van der Waals surface area contributed by atoms with E-state index in [1.165, 1.54) is 12.1 Å². The topological polar surface area (TPSA) is 85.4 Å². The number of benzene rings is 2. The average molecular weight is 476 g/mol. The highest BCUT2D eigenvalue weighted by Crippen LogP contribution is 2.28. The van der Waals surface area contributed by atoms with Crippen LogP contribution in [0.4, 0.5) is 4.39 Å². The molecule has 0 aliphatic carbocycles. The van der Waals surface area contributed by atoms with Crippen molar-refractivity contribution in [2.24, 2.45) is 7.05 Å². The van der Waals surface area contributed by atoms with E-state index in [9.17, 15) is 14.3 Å². The molecule has 9 heteroatoms. The average Bonchev–Trinajstić information content (AvgIpc) is 3.48. The number of aryl methyl sites for hydroxylation is 1. The van der Waals surface area contributed by atoms with Crippen molar-refractivity contribution in [1.82, 2.24) is 24.5 Å². The highest BCUT2D eigenvalue weighted by molar-refractivity contribution is 5.94. The van der Waals surface area contributed by atoms with E-state index in [2.05, 4.69) is 10.2 Å². The summed E-state index contributed by atoms with van der Waals surface area (Å²) in [6.45, 7) is 0.901. The number of rotatable bonds is 6. The van der Waals surface area contributed by atoms with Crippen molar-refractivity contribution in [1.29, 1.82) is 0 Å².